The lowest BCUT2D eigenvalue weighted by molar-refractivity contribution is 0.0784. The van der Waals surface area contributed by atoms with Gasteiger partial charge in [0.15, 0.2) is 0 Å². The smallest absolute Gasteiger partial charge is 0.253 e. The number of carbonyl (C=O) groups is 1. The van der Waals surface area contributed by atoms with Gasteiger partial charge in [-0.25, -0.2) is 0 Å². The summed E-state index contributed by atoms with van der Waals surface area (Å²) in [6.45, 7) is 0.625. The molecule has 0 N–H and O–H groups in total. The molecule has 1 saturated carbocycles. The van der Waals surface area contributed by atoms with Gasteiger partial charge in [0.1, 0.15) is 0 Å². The average Bonchev–Trinajstić information content (AvgIpc) is 3.55. The van der Waals surface area contributed by atoms with E-state index in [2.05, 4.69) is 54.6 Å². The molecule has 136 valence electrons. The normalized spacial score (nSPS) is 14.6. The largest absolute Gasteiger partial charge is 0.337 e. The Hall–Kier alpha value is -2.87. The highest BCUT2D eigenvalue weighted by Crippen LogP contribution is 2.47. The molecule has 1 unspecified atom stereocenters. The van der Waals surface area contributed by atoms with Crippen LogP contribution in [0.4, 0.5) is 0 Å². The van der Waals surface area contributed by atoms with Crippen molar-refractivity contribution in [2.24, 2.45) is 5.92 Å². The van der Waals surface area contributed by atoms with Crippen LogP contribution in [-0.4, -0.2) is 17.9 Å². The van der Waals surface area contributed by atoms with Crippen LogP contribution in [0.15, 0.2) is 84.9 Å². The molecule has 1 fully saturated rings. The van der Waals surface area contributed by atoms with Gasteiger partial charge in [-0.3, -0.25) is 4.79 Å². The zero-order valence-electron chi connectivity index (χ0n) is 15.7. The van der Waals surface area contributed by atoms with E-state index in [0.29, 0.717) is 18.4 Å². The molecule has 2 heteroatoms. The molecule has 3 aromatic rings. The van der Waals surface area contributed by atoms with Crippen LogP contribution < -0.4 is 0 Å². The minimum atomic E-state index is 0.0630. The first-order valence-electron chi connectivity index (χ1n) is 9.67. The van der Waals surface area contributed by atoms with E-state index in [1.54, 1.807) is 0 Å². The summed E-state index contributed by atoms with van der Waals surface area (Å²) in [7, 11) is 1.89. The molecule has 0 heterocycles. The quantitative estimate of drug-likeness (QED) is 0.572. The van der Waals surface area contributed by atoms with Crippen molar-refractivity contribution in [3.8, 4) is 0 Å². The third kappa shape index (κ3) is 3.95. The average molecular weight is 355 g/mol. The Morgan fingerprint density at radius 3 is 2.15 bits per heavy atom. The van der Waals surface area contributed by atoms with Crippen molar-refractivity contribution in [3.63, 3.8) is 0 Å². The van der Waals surface area contributed by atoms with Crippen molar-refractivity contribution in [3.05, 3.63) is 107 Å². The zero-order valence-corrected chi connectivity index (χ0v) is 15.7. The summed E-state index contributed by atoms with van der Waals surface area (Å²) in [4.78, 5) is 14.6. The van der Waals surface area contributed by atoms with Crippen molar-refractivity contribution in [2.75, 3.05) is 7.05 Å². The number of nitrogens with zero attached hydrogens (tertiary/aromatic N) is 1. The summed E-state index contributed by atoms with van der Waals surface area (Å²) in [5, 5.41) is 0. The number of rotatable bonds is 6. The third-order valence-corrected chi connectivity index (χ3v) is 5.42. The highest BCUT2D eigenvalue weighted by Gasteiger charge is 2.34. The molecule has 0 aromatic heterocycles. The van der Waals surface area contributed by atoms with E-state index in [1.165, 1.54) is 29.5 Å². The van der Waals surface area contributed by atoms with Gasteiger partial charge in [-0.05, 0) is 47.6 Å². The number of hydrogen-bond donors (Lipinski definition) is 0. The maximum Gasteiger partial charge on any atom is 0.253 e. The second-order valence-corrected chi connectivity index (χ2v) is 7.45. The van der Waals surface area contributed by atoms with Gasteiger partial charge < -0.3 is 4.90 Å². The van der Waals surface area contributed by atoms with Crippen LogP contribution in [0.5, 0.6) is 0 Å². The predicted molar refractivity (Wildman–Crippen MR) is 110 cm³/mol. The predicted octanol–water partition coefficient (Wildman–Crippen LogP) is 5.50. The Kier molecular flexibility index (Phi) is 5.06. The molecule has 2 nitrogen and oxygen atoms in total. The first-order chi connectivity index (χ1) is 13.2. The summed E-state index contributed by atoms with van der Waals surface area (Å²) in [5.41, 5.74) is 4.72. The summed E-state index contributed by atoms with van der Waals surface area (Å²) in [5.74, 6) is 1.19. The van der Waals surface area contributed by atoms with Crippen LogP contribution in [0.3, 0.4) is 0 Å². The van der Waals surface area contributed by atoms with Crippen LogP contribution in [0.25, 0.3) is 0 Å². The lowest BCUT2D eigenvalue weighted by atomic mass is 9.84. The molecule has 0 bridgehead atoms. The Morgan fingerprint density at radius 1 is 0.889 bits per heavy atom. The molecule has 1 aliphatic carbocycles. The van der Waals surface area contributed by atoms with Gasteiger partial charge in [0.25, 0.3) is 5.91 Å². The monoisotopic (exact) mass is 355 g/mol. The third-order valence-electron chi connectivity index (χ3n) is 5.42. The van der Waals surface area contributed by atoms with Crippen LogP contribution >= 0.6 is 0 Å². The highest BCUT2D eigenvalue weighted by molar-refractivity contribution is 5.93. The van der Waals surface area contributed by atoms with Crippen LogP contribution in [0, 0.1) is 5.92 Å². The van der Waals surface area contributed by atoms with Gasteiger partial charge in [-0.15, -0.1) is 0 Å². The molecule has 0 spiro atoms. The number of benzene rings is 3. The molecule has 1 amide bonds. The van der Waals surface area contributed by atoms with E-state index in [4.69, 9.17) is 0 Å². The first-order valence-corrected chi connectivity index (χ1v) is 9.67. The fourth-order valence-corrected chi connectivity index (χ4v) is 3.91. The first kappa shape index (κ1) is 17.5. The van der Waals surface area contributed by atoms with Gasteiger partial charge >= 0.3 is 0 Å². The lowest BCUT2D eigenvalue weighted by Gasteiger charge is -2.24. The highest BCUT2D eigenvalue weighted by atomic mass is 16.2. The van der Waals surface area contributed by atoms with E-state index in [1.807, 2.05) is 42.3 Å². The molecule has 3 aromatic carbocycles. The molecular weight excluding hydrogens is 330 g/mol. The summed E-state index contributed by atoms with van der Waals surface area (Å²) in [6.07, 6.45) is 2.57. The summed E-state index contributed by atoms with van der Waals surface area (Å²) < 4.78 is 0. The van der Waals surface area contributed by atoms with Gasteiger partial charge in [0.05, 0.1) is 0 Å². The van der Waals surface area contributed by atoms with Gasteiger partial charge in [0.2, 0.25) is 0 Å². The second-order valence-electron chi connectivity index (χ2n) is 7.45. The minimum absolute atomic E-state index is 0.0630. The SMILES string of the molecule is CN(Cc1ccccc1C(c1ccccc1)C1CC1)C(=O)c1ccccc1. The van der Waals surface area contributed by atoms with Crippen molar-refractivity contribution in [2.45, 2.75) is 25.3 Å². The lowest BCUT2D eigenvalue weighted by Crippen LogP contribution is -2.27. The van der Waals surface area contributed by atoms with Gasteiger partial charge in [0, 0.05) is 25.1 Å². The molecule has 0 aliphatic heterocycles. The van der Waals surface area contributed by atoms with E-state index in [9.17, 15) is 4.79 Å². The molecule has 0 radical (unpaired) electrons. The Balaban J connectivity index is 1.62. The van der Waals surface area contributed by atoms with E-state index in [0.717, 1.165) is 5.56 Å². The van der Waals surface area contributed by atoms with Gasteiger partial charge in [-0.1, -0.05) is 72.8 Å². The molecule has 1 atom stereocenters. The Bertz CT molecular complexity index is 900. The van der Waals surface area contributed by atoms with Crippen molar-refractivity contribution >= 4 is 5.91 Å². The molecule has 0 saturated heterocycles. The summed E-state index contributed by atoms with van der Waals surface area (Å²) >= 11 is 0. The maximum atomic E-state index is 12.8. The molecule has 1 aliphatic rings. The van der Waals surface area contributed by atoms with Crippen molar-refractivity contribution in [1.82, 2.24) is 4.90 Å². The van der Waals surface area contributed by atoms with Crippen LogP contribution in [0.2, 0.25) is 0 Å². The second kappa shape index (κ2) is 7.79. The van der Waals surface area contributed by atoms with E-state index < -0.39 is 0 Å². The van der Waals surface area contributed by atoms with E-state index >= 15 is 0 Å². The van der Waals surface area contributed by atoms with Crippen LogP contribution in [0.1, 0.15) is 45.8 Å². The zero-order chi connectivity index (χ0) is 18.6. The van der Waals surface area contributed by atoms with E-state index in [-0.39, 0.29) is 5.91 Å². The fraction of sp³-hybridized carbons (Fsp3) is 0.240. The fourth-order valence-electron chi connectivity index (χ4n) is 3.91. The summed E-state index contributed by atoms with van der Waals surface area (Å²) in [6, 6.07) is 28.9. The van der Waals surface area contributed by atoms with Gasteiger partial charge in [-0.2, -0.15) is 0 Å². The number of hydrogen-bond acceptors (Lipinski definition) is 1. The van der Waals surface area contributed by atoms with Crippen LogP contribution in [-0.2, 0) is 6.54 Å². The topological polar surface area (TPSA) is 20.3 Å². The number of carbonyl (C=O) groups excluding carboxylic acids is 1. The Morgan fingerprint density at radius 2 is 1.48 bits per heavy atom. The molecule has 4 rings (SSSR count). The minimum Gasteiger partial charge on any atom is -0.337 e. The maximum absolute atomic E-state index is 12.8. The van der Waals surface area contributed by atoms with Crippen molar-refractivity contribution < 1.29 is 4.79 Å². The molecule has 27 heavy (non-hydrogen) atoms. The standard InChI is InChI=1S/C25H25NO/c1-26(25(27)21-12-6-3-7-13-21)18-22-14-8-9-15-23(22)24(20-16-17-20)19-10-4-2-5-11-19/h2-15,20,24H,16-18H2,1H3. The molecular formula is C25H25NO. The Labute approximate surface area is 161 Å². The number of amides is 1. The van der Waals surface area contributed by atoms with Crippen molar-refractivity contribution in [1.29, 1.82) is 0 Å².